The highest BCUT2D eigenvalue weighted by Gasteiger charge is 2.55. The van der Waals surface area contributed by atoms with Crippen molar-refractivity contribution in [2.45, 2.75) is 12.5 Å². The second-order valence-corrected chi connectivity index (χ2v) is 4.85. The summed E-state index contributed by atoms with van der Waals surface area (Å²) in [6.45, 7) is 0. The first kappa shape index (κ1) is 13.0. The topological polar surface area (TPSA) is 61.8 Å². The van der Waals surface area contributed by atoms with Gasteiger partial charge in [0.25, 0.3) is 12.3 Å². The molecule has 2 heterocycles. The summed E-state index contributed by atoms with van der Waals surface area (Å²) < 4.78 is 25.6. The van der Waals surface area contributed by atoms with Gasteiger partial charge in [0.1, 0.15) is 17.7 Å². The zero-order chi connectivity index (χ0) is 14.4. The molecule has 3 rings (SSSR count). The van der Waals surface area contributed by atoms with Crippen LogP contribution >= 0.6 is 11.6 Å². The number of hydrogen-bond acceptors (Lipinski definition) is 4. The highest BCUT2D eigenvalue weighted by atomic mass is 35.5. The molecule has 0 bridgehead atoms. The average molecular weight is 300 g/mol. The van der Waals surface area contributed by atoms with Crippen LogP contribution in [0.4, 0.5) is 14.5 Å². The second kappa shape index (κ2) is 4.52. The molecule has 5 nitrogen and oxygen atoms in total. The normalized spacial score (nSPS) is 25.0. The van der Waals surface area contributed by atoms with Crippen LogP contribution in [0.3, 0.4) is 0 Å². The molecule has 104 valence electrons. The Morgan fingerprint density at radius 3 is 2.70 bits per heavy atom. The van der Waals surface area contributed by atoms with Gasteiger partial charge in [0.05, 0.1) is 5.69 Å². The van der Waals surface area contributed by atoms with E-state index in [1.54, 1.807) is 12.1 Å². The van der Waals surface area contributed by atoms with Gasteiger partial charge in [0.15, 0.2) is 0 Å². The molecular formula is C12H8ClF2N3O2. The molecule has 0 aromatic heterocycles. The summed E-state index contributed by atoms with van der Waals surface area (Å²) in [6.07, 6.45) is -2.88. The molecule has 0 saturated carbocycles. The van der Waals surface area contributed by atoms with Crippen molar-refractivity contribution in [1.29, 1.82) is 0 Å². The fourth-order valence-corrected chi connectivity index (χ4v) is 2.55. The van der Waals surface area contributed by atoms with Gasteiger partial charge in [-0.1, -0.05) is 17.7 Å². The summed E-state index contributed by atoms with van der Waals surface area (Å²) in [5, 5.41) is 3.73. The minimum Gasteiger partial charge on any atom is -0.296 e. The van der Waals surface area contributed by atoms with Crippen LogP contribution in [0.15, 0.2) is 29.4 Å². The van der Waals surface area contributed by atoms with E-state index < -0.39 is 35.9 Å². The van der Waals surface area contributed by atoms with Gasteiger partial charge in [-0.15, -0.1) is 0 Å². The number of halogens is 3. The standard InChI is InChI=1S/C12H8ClF2N3O2/c13-5-2-1-3-6(4-5)18-11(19)7-8(10(14)15)16-17-9(7)12(18)20/h1-4,7,9-10,17H. The molecule has 2 amide bonds. The molecule has 2 atom stereocenters. The van der Waals surface area contributed by atoms with E-state index in [0.29, 0.717) is 5.02 Å². The lowest BCUT2D eigenvalue weighted by Gasteiger charge is -2.15. The first-order valence-electron chi connectivity index (χ1n) is 5.75. The fourth-order valence-electron chi connectivity index (χ4n) is 2.37. The van der Waals surface area contributed by atoms with Crippen LogP contribution in [0, 0.1) is 5.92 Å². The number of alkyl halides is 2. The Labute approximate surface area is 117 Å². The summed E-state index contributed by atoms with van der Waals surface area (Å²) in [6, 6.07) is 5.04. The van der Waals surface area contributed by atoms with Crippen LogP contribution in [0.1, 0.15) is 0 Å². The Morgan fingerprint density at radius 2 is 2.05 bits per heavy atom. The van der Waals surface area contributed by atoms with Crippen LogP contribution in [0.25, 0.3) is 0 Å². The van der Waals surface area contributed by atoms with Crippen molar-refractivity contribution < 1.29 is 18.4 Å². The first-order valence-corrected chi connectivity index (χ1v) is 6.13. The van der Waals surface area contributed by atoms with Gasteiger partial charge in [0.2, 0.25) is 5.91 Å². The van der Waals surface area contributed by atoms with Crippen LogP contribution < -0.4 is 10.3 Å². The number of nitrogens with zero attached hydrogens (tertiary/aromatic N) is 2. The quantitative estimate of drug-likeness (QED) is 0.840. The molecule has 20 heavy (non-hydrogen) atoms. The SMILES string of the molecule is O=C1C2NN=C(C(F)F)C2C(=O)N1c1cccc(Cl)c1. The number of anilines is 1. The number of amides is 2. The van der Waals surface area contributed by atoms with E-state index in [0.717, 1.165) is 4.90 Å². The van der Waals surface area contributed by atoms with Crippen molar-refractivity contribution in [2.24, 2.45) is 11.0 Å². The lowest BCUT2D eigenvalue weighted by Crippen LogP contribution is -2.36. The molecule has 0 aliphatic carbocycles. The molecule has 2 aliphatic rings. The summed E-state index contributed by atoms with van der Waals surface area (Å²) in [4.78, 5) is 25.3. The zero-order valence-electron chi connectivity index (χ0n) is 9.89. The maximum absolute atomic E-state index is 12.8. The smallest absolute Gasteiger partial charge is 0.279 e. The first-order chi connectivity index (χ1) is 9.50. The van der Waals surface area contributed by atoms with Crippen molar-refractivity contribution in [1.82, 2.24) is 5.43 Å². The van der Waals surface area contributed by atoms with Gasteiger partial charge in [-0.25, -0.2) is 13.7 Å². The van der Waals surface area contributed by atoms with Crippen LogP contribution in [-0.2, 0) is 9.59 Å². The molecule has 8 heteroatoms. The third kappa shape index (κ3) is 1.77. The van der Waals surface area contributed by atoms with Crippen molar-refractivity contribution in [3.05, 3.63) is 29.3 Å². The predicted octanol–water partition coefficient (Wildman–Crippen LogP) is 1.42. The van der Waals surface area contributed by atoms with E-state index in [-0.39, 0.29) is 5.69 Å². The van der Waals surface area contributed by atoms with E-state index >= 15 is 0 Å². The van der Waals surface area contributed by atoms with Crippen molar-refractivity contribution >= 4 is 34.8 Å². The third-order valence-electron chi connectivity index (χ3n) is 3.25. The fraction of sp³-hybridized carbons (Fsp3) is 0.250. The van der Waals surface area contributed by atoms with Crippen LogP contribution in [-0.4, -0.2) is 30.0 Å². The van der Waals surface area contributed by atoms with E-state index in [2.05, 4.69) is 10.5 Å². The maximum Gasteiger partial charge on any atom is 0.279 e. The highest BCUT2D eigenvalue weighted by Crippen LogP contribution is 2.32. The Balaban J connectivity index is 1.99. The molecule has 2 aliphatic heterocycles. The predicted molar refractivity (Wildman–Crippen MR) is 67.8 cm³/mol. The number of rotatable bonds is 2. The second-order valence-electron chi connectivity index (χ2n) is 4.41. The Bertz CT molecular complexity index is 635. The van der Waals surface area contributed by atoms with Gasteiger partial charge >= 0.3 is 0 Å². The summed E-state index contributed by atoms with van der Waals surface area (Å²) in [5.41, 5.74) is 1.97. The Morgan fingerprint density at radius 1 is 1.30 bits per heavy atom. The van der Waals surface area contributed by atoms with E-state index in [1.165, 1.54) is 12.1 Å². The van der Waals surface area contributed by atoms with Gasteiger partial charge in [0, 0.05) is 5.02 Å². The van der Waals surface area contributed by atoms with Crippen LogP contribution in [0.2, 0.25) is 5.02 Å². The number of carbonyl (C=O) groups excluding carboxylic acids is 2. The molecule has 0 radical (unpaired) electrons. The Hall–Kier alpha value is -2.02. The number of hydrazone groups is 1. The van der Waals surface area contributed by atoms with E-state index in [1.807, 2.05) is 0 Å². The number of benzene rings is 1. The van der Waals surface area contributed by atoms with Crippen molar-refractivity contribution in [3.8, 4) is 0 Å². The molecule has 2 unspecified atom stereocenters. The summed E-state index contributed by atoms with van der Waals surface area (Å²) in [5.74, 6) is -2.57. The van der Waals surface area contributed by atoms with E-state index in [9.17, 15) is 18.4 Å². The monoisotopic (exact) mass is 299 g/mol. The summed E-state index contributed by atoms with van der Waals surface area (Å²) in [7, 11) is 0. The zero-order valence-corrected chi connectivity index (χ0v) is 10.6. The molecule has 1 aromatic carbocycles. The largest absolute Gasteiger partial charge is 0.296 e. The van der Waals surface area contributed by atoms with Crippen molar-refractivity contribution in [3.63, 3.8) is 0 Å². The molecule has 1 fully saturated rings. The Kier molecular flexibility index (Phi) is 2.93. The number of nitrogens with one attached hydrogen (secondary N) is 1. The number of hydrogen-bond donors (Lipinski definition) is 1. The number of fused-ring (bicyclic) bond motifs is 1. The van der Waals surface area contributed by atoms with Crippen LogP contribution in [0.5, 0.6) is 0 Å². The minimum absolute atomic E-state index is 0.261. The minimum atomic E-state index is -2.88. The molecular weight excluding hydrogens is 292 g/mol. The van der Waals surface area contributed by atoms with Gasteiger partial charge < -0.3 is 0 Å². The van der Waals surface area contributed by atoms with E-state index in [4.69, 9.17) is 11.6 Å². The molecule has 0 spiro atoms. The third-order valence-corrected chi connectivity index (χ3v) is 3.48. The molecule has 1 saturated heterocycles. The average Bonchev–Trinajstić information content (AvgIpc) is 2.91. The van der Waals surface area contributed by atoms with Gasteiger partial charge in [-0.2, -0.15) is 5.10 Å². The maximum atomic E-state index is 12.8. The highest BCUT2D eigenvalue weighted by molar-refractivity contribution is 6.33. The molecule has 1 N–H and O–H groups in total. The van der Waals surface area contributed by atoms with Gasteiger partial charge in [-0.3, -0.25) is 15.0 Å². The lowest BCUT2D eigenvalue weighted by atomic mass is 9.99. The summed E-state index contributed by atoms with van der Waals surface area (Å²) >= 11 is 5.81. The van der Waals surface area contributed by atoms with Crippen molar-refractivity contribution in [2.75, 3.05) is 4.90 Å². The lowest BCUT2D eigenvalue weighted by molar-refractivity contribution is -0.122. The number of carbonyl (C=O) groups is 2. The number of imide groups is 1. The molecule has 1 aromatic rings. The van der Waals surface area contributed by atoms with Gasteiger partial charge in [-0.05, 0) is 18.2 Å².